The standard InChI is InChI=1S/C15H19ClN6OS/c1-2-21-13(18-19-14(21)23)10-4-3-5-20(8-10)9-11-12(16)17-15-22(11)6-7-24-15/h6-7,10H,2-5,8-9H2,1H3,(H,19,23). The molecule has 0 aromatic carbocycles. The topological polar surface area (TPSA) is 71.2 Å². The zero-order valence-electron chi connectivity index (χ0n) is 13.4. The van der Waals surface area contributed by atoms with Crippen LogP contribution >= 0.6 is 22.9 Å². The van der Waals surface area contributed by atoms with E-state index in [1.807, 2.05) is 18.5 Å². The maximum absolute atomic E-state index is 11.8. The van der Waals surface area contributed by atoms with Gasteiger partial charge in [-0.3, -0.25) is 13.9 Å². The third kappa shape index (κ3) is 2.68. The van der Waals surface area contributed by atoms with Crippen LogP contribution in [-0.4, -0.2) is 42.1 Å². The van der Waals surface area contributed by atoms with Gasteiger partial charge in [0.05, 0.1) is 5.69 Å². The third-order valence-corrected chi connectivity index (χ3v) is 5.72. The summed E-state index contributed by atoms with van der Waals surface area (Å²) < 4.78 is 3.80. The fraction of sp³-hybridized carbons (Fsp3) is 0.533. The van der Waals surface area contributed by atoms with E-state index in [4.69, 9.17) is 11.6 Å². The van der Waals surface area contributed by atoms with Gasteiger partial charge in [0, 0.05) is 37.1 Å². The molecule has 128 valence electrons. The Bertz CT molecular complexity index is 909. The number of hydrogen-bond donors (Lipinski definition) is 1. The SMILES string of the molecule is CCn1c(C2CCCN(Cc3c(Cl)nc4sccn34)C2)n[nH]c1=O. The first-order valence-corrected chi connectivity index (χ1v) is 9.40. The lowest BCUT2D eigenvalue weighted by atomic mass is 9.97. The molecule has 0 saturated carbocycles. The summed E-state index contributed by atoms with van der Waals surface area (Å²) in [7, 11) is 0. The van der Waals surface area contributed by atoms with Crippen LogP contribution in [0.5, 0.6) is 0 Å². The van der Waals surface area contributed by atoms with E-state index < -0.39 is 0 Å². The first-order chi connectivity index (χ1) is 11.7. The molecule has 0 aliphatic carbocycles. The molecule has 4 rings (SSSR count). The molecule has 1 fully saturated rings. The Hall–Kier alpha value is -1.64. The zero-order chi connectivity index (χ0) is 16.7. The maximum Gasteiger partial charge on any atom is 0.343 e. The largest absolute Gasteiger partial charge is 0.343 e. The van der Waals surface area contributed by atoms with Crippen molar-refractivity contribution >= 4 is 27.9 Å². The van der Waals surface area contributed by atoms with Crippen LogP contribution in [0.15, 0.2) is 16.4 Å². The Kier molecular flexibility index (Phi) is 4.19. The summed E-state index contributed by atoms with van der Waals surface area (Å²) >= 11 is 7.90. The van der Waals surface area contributed by atoms with E-state index in [-0.39, 0.29) is 11.6 Å². The van der Waals surface area contributed by atoms with E-state index in [0.717, 1.165) is 49.0 Å². The van der Waals surface area contributed by atoms with Crippen LogP contribution < -0.4 is 5.69 Å². The Morgan fingerprint density at radius 1 is 1.50 bits per heavy atom. The minimum absolute atomic E-state index is 0.122. The van der Waals surface area contributed by atoms with Crippen molar-refractivity contribution in [3.05, 3.63) is 38.7 Å². The number of H-pyrrole nitrogens is 1. The minimum Gasteiger partial charge on any atom is -0.297 e. The van der Waals surface area contributed by atoms with Gasteiger partial charge in [-0.2, -0.15) is 5.10 Å². The molecule has 1 atom stereocenters. The summed E-state index contributed by atoms with van der Waals surface area (Å²) in [5, 5.41) is 9.44. The molecule has 1 saturated heterocycles. The number of thiazole rings is 1. The van der Waals surface area contributed by atoms with Crippen molar-refractivity contribution in [2.75, 3.05) is 13.1 Å². The molecule has 0 amide bonds. The van der Waals surface area contributed by atoms with Crippen LogP contribution in [0.4, 0.5) is 0 Å². The van der Waals surface area contributed by atoms with Crippen molar-refractivity contribution in [2.24, 2.45) is 0 Å². The summed E-state index contributed by atoms with van der Waals surface area (Å²) in [6.45, 7) is 5.27. The van der Waals surface area contributed by atoms with Crippen molar-refractivity contribution in [2.45, 2.75) is 38.8 Å². The highest BCUT2D eigenvalue weighted by Gasteiger charge is 2.27. The minimum atomic E-state index is -0.122. The molecular weight excluding hydrogens is 348 g/mol. The number of fused-ring (bicyclic) bond motifs is 1. The van der Waals surface area contributed by atoms with Gasteiger partial charge in [0.25, 0.3) is 0 Å². The molecule has 0 radical (unpaired) electrons. The van der Waals surface area contributed by atoms with Gasteiger partial charge in [-0.25, -0.2) is 14.9 Å². The van der Waals surface area contributed by atoms with Gasteiger partial charge < -0.3 is 0 Å². The normalized spacial score (nSPS) is 19.3. The molecule has 3 aromatic heterocycles. The van der Waals surface area contributed by atoms with Crippen LogP contribution in [0.3, 0.4) is 0 Å². The predicted octanol–water partition coefficient (Wildman–Crippen LogP) is 2.33. The molecule has 24 heavy (non-hydrogen) atoms. The number of piperidine rings is 1. The summed E-state index contributed by atoms with van der Waals surface area (Å²) in [5.74, 6) is 1.13. The first kappa shape index (κ1) is 15.9. The first-order valence-electron chi connectivity index (χ1n) is 8.14. The summed E-state index contributed by atoms with van der Waals surface area (Å²) in [6.07, 6.45) is 4.14. The Balaban J connectivity index is 1.56. The Morgan fingerprint density at radius 2 is 2.38 bits per heavy atom. The fourth-order valence-electron chi connectivity index (χ4n) is 3.52. The zero-order valence-corrected chi connectivity index (χ0v) is 15.0. The van der Waals surface area contributed by atoms with E-state index in [1.54, 1.807) is 15.9 Å². The van der Waals surface area contributed by atoms with E-state index in [0.29, 0.717) is 11.7 Å². The predicted molar refractivity (Wildman–Crippen MR) is 93.9 cm³/mol. The number of nitrogens with zero attached hydrogens (tertiary/aromatic N) is 5. The molecule has 1 unspecified atom stereocenters. The van der Waals surface area contributed by atoms with Gasteiger partial charge in [0.15, 0.2) is 10.1 Å². The molecule has 9 heteroatoms. The fourth-order valence-corrected chi connectivity index (χ4v) is 4.53. The van der Waals surface area contributed by atoms with Crippen LogP contribution in [-0.2, 0) is 13.1 Å². The van der Waals surface area contributed by atoms with Crippen LogP contribution in [0.2, 0.25) is 5.15 Å². The van der Waals surface area contributed by atoms with Gasteiger partial charge in [0.1, 0.15) is 5.82 Å². The summed E-state index contributed by atoms with van der Waals surface area (Å²) in [6, 6.07) is 0. The van der Waals surface area contributed by atoms with Gasteiger partial charge in [-0.1, -0.05) is 11.6 Å². The summed E-state index contributed by atoms with van der Waals surface area (Å²) in [5.41, 5.74) is 0.909. The molecule has 0 bridgehead atoms. The van der Waals surface area contributed by atoms with Gasteiger partial charge in [-0.15, -0.1) is 11.3 Å². The quantitative estimate of drug-likeness (QED) is 0.769. The van der Waals surface area contributed by atoms with Crippen molar-refractivity contribution in [1.82, 2.24) is 29.0 Å². The number of aromatic nitrogens is 5. The van der Waals surface area contributed by atoms with E-state index in [1.165, 1.54) is 0 Å². The van der Waals surface area contributed by atoms with E-state index in [9.17, 15) is 4.79 Å². The maximum atomic E-state index is 11.8. The average molecular weight is 367 g/mol. The van der Waals surface area contributed by atoms with Crippen LogP contribution in [0.25, 0.3) is 4.96 Å². The van der Waals surface area contributed by atoms with Crippen LogP contribution in [0, 0.1) is 0 Å². The summed E-state index contributed by atoms with van der Waals surface area (Å²) in [4.78, 5) is 19.5. The monoisotopic (exact) mass is 366 g/mol. The van der Waals surface area contributed by atoms with Crippen molar-refractivity contribution in [3.63, 3.8) is 0 Å². The highest BCUT2D eigenvalue weighted by molar-refractivity contribution is 7.15. The highest BCUT2D eigenvalue weighted by atomic mass is 35.5. The molecule has 0 spiro atoms. The smallest absolute Gasteiger partial charge is 0.297 e. The number of likely N-dealkylation sites (tertiary alicyclic amines) is 1. The van der Waals surface area contributed by atoms with Crippen molar-refractivity contribution in [3.8, 4) is 0 Å². The lowest BCUT2D eigenvalue weighted by Crippen LogP contribution is -2.35. The second-order valence-electron chi connectivity index (χ2n) is 6.11. The number of rotatable bonds is 4. The second kappa shape index (κ2) is 6.34. The molecule has 3 aromatic rings. The third-order valence-electron chi connectivity index (χ3n) is 4.66. The molecule has 1 aliphatic rings. The molecule has 1 aliphatic heterocycles. The van der Waals surface area contributed by atoms with Crippen molar-refractivity contribution < 1.29 is 0 Å². The molecule has 1 N–H and O–H groups in total. The highest BCUT2D eigenvalue weighted by Crippen LogP contribution is 2.28. The lowest BCUT2D eigenvalue weighted by Gasteiger charge is -2.32. The number of aromatic amines is 1. The van der Waals surface area contributed by atoms with Crippen LogP contribution in [0.1, 0.15) is 37.2 Å². The molecule has 4 heterocycles. The Labute approximate surface area is 147 Å². The number of imidazole rings is 1. The van der Waals surface area contributed by atoms with E-state index >= 15 is 0 Å². The second-order valence-corrected chi connectivity index (χ2v) is 7.34. The Morgan fingerprint density at radius 3 is 3.21 bits per heavy atom. The number of hydrogen-bond acceptors (Lipinski definition) is 5. The van der Waals surface area contributed by atoms with E-state index in [2.05, 4.69) is 24.5 Å². The molecular formula is C15H19ClN6OS. The number of halogens is 1. The molecule has 7 nitrogen and oxygen atoms in total. The lowest BCUT2D eigenvalue weighted by molar-refractivity contribution is 0.192. The number of nitrogens with one attached hydrogen (secondary N) is 1. The van der Waals surface area contributed by atoms with Gasteiger partial charge in [0.2, 0.25) is 0 Å². The van der Waals surface area contributed by atoms with Crippen molar-refractivity contribution in [1.29, 1.82) is 0 Å². The van der Waals surface area contributed by atoms with Gasteiger partial charge >= 0.3 is 5.69 Å². The average Bonchev–Trinajstić information content (AvgIpc) is 3.25. The van der Waals surface area contributed by atoms with Gasteiger partial charge in [-0.05, 0) is 26.3 Å².